The van der Waals surface area contributed by atoms with Crippen molar-refractivity contribution in [1.29, 1.82) is 0 Å². The van der Waals surface area contributed by atoms with Crippen molar-refractivity contribution in [3.63, 3.8) is 0 Å². The normalized spacial score (nSPS) is 10.7. The Bertz CT molecular complexity index is 999. The first-order valence-corrected chi connectivity index (χ1v) is 10.3. The van der Waals surface area contributed by atoms with Gasteiger partial charge in [0.2, 0.25) is 0 Å². The molecular weight excluding hydrogens is 402 g/mol. The van der Waals surface area contributed by atoms with Gasteiger partial charge in [-0.2, -0.15) is 5.10 Å². The highest BCUT2D eigenvalue weighted by Gasteiger charge is 2.19. The van der Waals surface area contributed by atoms with Gasteiger partial charge in [0.05, 0.1) is 25.6 Å². The molecule has 1 N–H and O–H groups in total. The third-order valence-corrected chi connectivity index (χ3v) is 5.02. The molecule has 0 aliphatic carbocycles. The number of unbranched alkanes of at least 4 members (excludes halogenated alkanes) is 2. The van der Waals surface area contributed by atoms with Crippen LogP contribution in [0.15, 0.2) is 48.5 Å². The van der Waals surface area contributed by atoms with E-state index in [4.69, 9.17) is 26.2 Å². The maximum Gasteiger partial charge on any atom is 0.270 e. The number of rotatable bonds is 9. The van der Waals surface area contributed by atoms with Crippen molar-refractivity contribution < 1.29 is 14.3 Å². The van der Waals surface area contributed by atoms with Crippen molar-refractivity contribution in [2.45, 2.75) is 26.2 Å². The van der Waals surface area contributed by atoms with Gasteiger partial charge in [0, 0.05) is 23.2 Å². The van der Waals surface area contributed by atoms with E-state index in [2.05, 4.69) is 12.2 Å². The topological polar surface area (TPSA) is 65.4 Å². The first kappa shape index (κ1) is 21.7. The summed E-state index contributed by atoms with van der Waals surface area (Å²) in [7, 11) is 3.19. The van der Waals surface area contributed by atoms with Gasteiger partial charge >= 0.3 is 0 Å². The molecule has 0 fully saturated rings. The van der Waals surface area contributed by atoms with Crippen LogP contribution in [0.5, 0.6) is 11.5 Å². The van der Waals surface area contributed by atoms with Crippen LogP contribution in [0, 0.1) is 0 Å². The highest BCUT2D eigenvalue weighted by molar-refractivity contribution is 6.30. The minimum Gasteiger partial charge on any atom is -0.497 e. The molecule has 30 heavy (non-hydrogen) atoms. The molecule has 0 aliphatic rings. The fourth-order valence-corrected chi connectivity index (χ4v) is 3.26. The lowest BCUT2D eigenvalue weighted by atomic mass is 10.1. The molecule has 1 heterocycles. The molecule has 1 aromatic heterocycles. The van der Waals surface area contributed by atoms with Crippen LogP contribution in [0.4, 0.5) is 0 Å². The summed E-state index contributed by atoms with van der Waals surface area (Å²) in [5.74, 6) is 1.12. The first-order chi connectivity index (χ1) is 14.6. The van der Waals surface area contributed by atoms with Crippen LogP contribution in [0.25, 0.3) is 16.9 Å². The zero-order chi connectivity index (χ0) is 21.5. The largest absolute Gasteiger partial charge is 0.497 e. The monoisotopic (exact) mass is 427 g/mol. The summed E-state index contributed by atoms with van der Waals surface area (Å²) in [5, 5.41) is 8.31. The molecule has 0 bridgehead atoms. The van der Waals surface area contributed by atoms with Crippen molar-refractivity contribution >= 4 is 17.5 Å². The van der Waals surface area contributed by atoms with E-state index >= 15 is 0 Å². The molecule has 0 radical (unpaired) electrons. The molecule has 0 aliphatic heterocycles. The first-order valence-electron chi connectivity index (χ1n) is 9.94. The van der Waals surface area contributed by atoms with Crippen molar-refractivity contribution in [2.75, 3.05) is 20.8 Å². The Morgan fingerprint density at radius 1 is 1.07 bits per heavy atom. The summed E-state index contributed by atoms with van der Waals surface area (Å²) in [4.78, 5) is 12.9. The summed E-state index contributed by atoms with van der Waals surface area (Å²) in [5.41, 5.74) is 2.59. The summed E-state index contributed by atoms with van der Waals surface area (Å²) in [6.45, 7) is 2.76. The minimum atomic E-state index is -0.174. The number of benzene rings is 2. The molecule has 3 aromatic rings. The van der Waals surface area contributed by atoms with Gasteiger partial charge in [-0.15, -0.1) is 0 Å². The number of halogens is 1. The predicted octanol–water partition coefficient (Wildman–Crippen LogP) is 5.13. The number of nitrogens with one attached hydrogen (secondary N) is 1. The van der Waals surface area contributed by atoms with Crippen LogP contribution in [0.1, 0.15) is 36.7 Å². The van der Waals surface area contributed by atoms with E-state index in [0.717, 1.165) is 30.5 Å². The van der Waals surface area contributed by atoms with Crippen molar-refractivity contribution in [2.24, 2.45) is 0 Å². The number of amides is 1. The second kappa shape index (κ2) is 10.2. The number of hydrogen-bond acceptors (Lipinski definition) is 4. The quantitative estimate of drug-likeness (QED) is 0.481. The highest BCUT2D eigenvalue weighted by Crippen LogP contribution is 2.33. The van der Waals surface area contributed by atoms with Gasteiger partial charge in [0.1, 0.15) is 17.2 Å². The van der Waals surface area contributed by atoms with E-state index in [9.17, 15) is 4.79 Å². The Morgan fingerprint density at radius 2 is 1.83 bits per heavy atom. The van der Waals surface area contributed by atoms with E-state index in [0.29, 0.717) is 34.5 Å². The second-order valence-corrected chi connectivity index (χ2v) is 7.27. The smallest absolute Gasteiger partial charge is 0.270 e. The summed E-state index contributed by atoms with van der Waals surface area (Å²) in [6, 6.07) is 14.5. The fourth-order valence-electron chi connectivity index (χ4n) is 3.13. The highest BCUT2D eigenvalue weighted by atomic mass is 35.5. The maximum atomic E-state index is 12.9. The number of methoxy groups -OCH3 is 2. The summed E-state index contributed by atoms with van der Waals surface area (Å²) in [6.07, 6.45) is 3.11. The predicted molar refractivity (Wildman–Crippen MR) is 119 cm³/mol. The zero-order valence-corrected chi connectivity index (χ0v) is 18.2. The number of ether oxygens (including phenoxy) is 2. The van der Waals surface area contributed by atoms with Gasteiger partial charge in [0.15, 0.2) is 0 Å². The third kappa shape index (κ3) is 4.94. The van der Waals surface area contributed by atoms with Crippen LogP contribution >= 0.6 is 11.6 Å². The molecule has 3 rings (SSSR count). The van der Waals surface area contributed by atoms with Crippen LogP contribution in [-0.4, -0.2) is 36.5 Å². The zero-order valence-electron chi connectivity index (χ0n) is 17.4. The van der Waals surface area contributed by atoms with Crippen molar-refractivity contribution in [1.82, 2.24) is 15.1 Å². The van der Waals surface area contributed by atoms with Crippen LogP contribution in [-0.2, 0) is 0 Å². The van der Waals surface area contributed by atoms with Gasteiger partial charge in [-0.3, -0.25) is 4.79 Å². The molecule has 0 spiro atoms. The molecule has 2 aromatic carbocycles. The fraction of sp³-hybridized carbons (Fsp3) is 0.304. The maximum absolute atomic E-state index is 12.9. The number of carbonyl (C=O) groups is 1. The van der Waals surface area contributed by atoms with E-state index in [-0.39, 0.29) is 5.91 Å². The average molecular weight is 428 g/mol. The van der Waals surface area contributed by atoms with Gasteiger partial charge in [-0.1, -0.05) is 31.4 Å². The second-order valence-electron chi connectivity index (χ2n) is 6.83. The SMILES string of the molecule is CCCCCNC(=O)c1cc(-c2ccc(OC)cc2OC)nn1-c1ccc(Cl)cc1. The summed E-state index contributed by atoms with van der Waals surface area (Å²) >= 11 is 6.03. The Hall–Kier alpha value is -2.99. The average Bonchev–Trinajstić information content (AvgIpc) is 3.22. The molecule has 7 heteroatoms. The molecular formula is C23H26ClN3O3. The van der Waals surface area contributed by atoms with E-state index < -0.39 is 0 Å². The van der Waals surface area contributed by atoms with Crippen molar-refractivity contribution in [3.05, 3.63) is 59.2 Å². The third-order valence-electron chi connectivity index (χ3n) is 4.76. The number of nitrogens with zero attached hydrogens (tertiary/aromatic N) is 2. The molecule has 0 saturated carbocycles. The van der Waals surface area contributed by atoms with Gasteiger partial charge < -0.3 is 14.8 Å². The van der Waals surface area contributed by atoms with Crippen LogP contribution < -0.4 is 14.8 Å². The van der Waals surface area contributed by atoms with Gasteiger partial charge in [-0.25, -0.2) is 4.68 Å². The Labute approximate surface area is 181 Å². The van der Waals surface area contributed by atoms with Gasteiger partial charge in [-0.05, 0) is 48.9 Å². The molecule has 0 atom stereocenters. The molecule has 0 saturated heterocycles. The van der Waals surface area contributed by atoms with Crippen LogP contribution in [0.3, 0.4) is 0 Å². The molecule has 1 amide bonds. The number of hydrogen-bond donors (Lipinski definition) is 1. The standard InChI is InChI=1S/C23H26ClN3O3/c1-4-5-6-13-25-23(28)21-15-20(19-12-11-18(29-2)14-22(19)30-3)26-27(21)17-9-7-16(24)8-10-17/h7-12,14-15H,4-6,13H2,1-3H3,(H,25,28). The molecule has 158 valence electrons. The molecule has 0 unspecified atom stereocenters. The molecule has 6 nitrogen and oxygen atoms in total. The Kier molecular flexibility index (Phi) is 7.36. The van der Waals surface area contributed by atoms with Crippen LogP contribution in [0.2, 0.25) is 5.02 Å². The van der Waals surface area contributed by atoms with E-state index in [1.54, 1.807) is 43.2 Å². The van der Waals surface area contributed by atoms with E-state index in [1.807, 2.05) is 24.3 Å². The number of aromatic nitrogens is 2. The minimum absolute atomic E-state index is 0.174. The lowest BCUT2D eigenvalue weighted by Gasteiger charge is -2.09. The van der Waals surface area contributed by atoms with Crippen molar-refractivity contribution in [3.8, 4) is 28.4 Å². The lowest BCUT2D eigenvalue weighted by molar-refractivity contribution is 0.0945. The number of carbonyl (C=O) groups excluding carboxylic acids is 1. The Balaban J connectivity index is 2.02. The van der Waals surface area contributed by atoms with E-state index in [1.165, 1.54) is 0 Å². The summed E-state index contributed by atoms with van der Waals surface area (Å²) < 4.78 is 12.4. The lowest BCUT2D eigenvalue weighted by Crippen LogP contribution is -2.26. The van der Waals surface area contributed by atoms with Gasteiger partial charge in [0.25, 0.3) is 5.91 Å². The Morgan fingerprint density at radius 3 is 2.50 bits per heavy atom.